The number of aromatic nitrogens is 2. The van der Waals surface area contributed by atoms with Crippen molar-refractivity contribution in [1.29, 1.82) is 0 Å². The van der Waals surface area contributed by atoms with E-state index in [-0.39, 0.29) is 11.9 Å². The SMILES string of the molecule is Cc1ccc(C(=O)Nc2c(C)c(C)nn2C)cc1NC(=O)Nc1ccccc1. The van der Waals surface area contributed by atoms with Crippen LogP contribution in [-0.4, -0.2) is 21.7 Å². The van der Waals surface area contributed by atoms with Crippen LogP contribution >= 0.6 is 0 Å². The lowest BCUT2D eigenvalue weighted by Gasteiger charge is -2.12. The average molecular weight is 377 g/mol. The first-order chi connectivity index (χ1) is 13.3. The highest BCUT2D eigenvalue weighted by Gasteiger charge is 2.15. The second kappa shape index (κ2) is 7.96. The number of aryl methyl sites for hydroxylation is 3. The quantitative estimate of drug-likeness (QED) is 0.635. The molecule has 0 aliphatic rings. The summed E-state index contributed by atoms with van der Waals surface area (Å²) in [5.41, 5.74) is 4.34. The molecule has 3 N–H and O–H groups in total. The van der Waals surface area contributed by atoms with E-state index < -0.39 is 0 Å². The minimum Gasteiger partial charge on any atom is -0.308 e. The molecule has 2 aromatic carbocycles. The summed E-state index contributed by atoms with van der Waals surface area (Å²) in [7, 11) is 1.78. The summed E-state index contributed by atoms with van der Waals surface area (Å²) in [5.74, 6) is 0.386. The molecule has 0 aliphatic carbocycles. The fourth-order valence-corrected chi connectivity index (χ4v) is 2.82. The predicted octanol–water partition coefficient (Wildman–Crippen LogP) is 4.24. The van der Waals surface area contributed by atoms with E-state index in [1.807, 2.05) is 39.0 Å². The highest BCUT2D eigenvalue weighted by atomic mass is 16.2. The number of hydrogen-bond acceptors (Lipinski definition) is 3. The first-order valence-electron chi connectivity index (χ1n) is 8.90. The lowest BCUT2D eigenvalue weighted by Crippen LogP contribution is -2.21. The second-order valence-electron chi connectivity index (χ2n) is 6.61. The van der Waals surface area contributed by atoms with Crippen molar-refractivity contribution in [1.82, 2.24) is 9.78 Å². The number of hydrogen-bond donors (Lipinski definition) is 3. The van der Waals surface area contributed by atoms with Crippen LogP contribution in [0.5, 0.6) is 0 Å². The molecular weight excluding hydrogens is 354 g/mol. The lowest BCUT2D eigenvalue weighted by atomic mass is 10.1. The van der Waals surface area contributed by atoms with E-state index in [1.54, 1.807) is 42.1 Å². The van der Waals surface area contributed by atoms with Crippen LogP contribution in [0.3, 0.4) is 0 Å². The molecule has 1 aromatic heterocycles. The van der Waals surface area contributed by atoms with Gasteiger partial charge in [0.25, 0.3) is 5.91 Å². The van der Waals surface area contributed by atoms with Crippen molar-refractivity contribution in [2.75, 3.05) is 16.0 Å². The molecule has 0 fully saturated rings. The number of amides is 3. The normalized spacial score (nSPS) is 10.4. The van der Waals surface area contributed by atoms with Crippen molar-refractivity contribution in [2.45, 2.75) is 20.8 Å². The van der Waals surface area contributed by atoms with E-state index in [1.165, 1.54) is 0 Å². The van der Waals surface area contributed by atoms with Crippen molar-refractivity contribution in [3.8, 4) is 0 Å². The average Bonchev–Trinajstić information content (AvgIpc) is 2.90. The zero-order valence-corrected chi connectivity index (χ0v) is 16.3. The van der Waals surface area contributed by atoms with E-state index >= 15 is 0 Å². The molecule has 3 amide bonds. The summed E-state index contributed by atoms with van der Waals surface area (Å²) in [6, 6.07) is 14.0. The van der Waals surface area contributed by atoms with E-state index in [9.17, 15) is 9.59 Å². The van der Waals surface area contributed by atoms with Crippen LogP contribution in [0.1, 0.15) is 27.2 Å². The van der Waals surface area contributed by atoms with Crippen LogP contribution in [0.4, 0.5) is 22.0 Å². The van der Waals surface area contributed by atoms with Gasteiger partial charge in [0.05, 0.1) is 5.69 Å². The largest absolute Gasteiger partial charge is 0.323 e. The summed E-state index contributed by atoms with van der Waals surface area (Å²) >= 11 is 0. The highest BCUT2D eigenvalue weighted by Crippen LogP contribution is 2.21. The number of benzene rings is 2. The molecular formula is C21H23N5O2. The van der Waals surface area contributed by atoms with Crippen molar-refractivity contribution < 1.29 is 9.59 Å². The predicted molar refractivity (Wildman–Crippen MR) is 111 cm³/mol. The van der Waals surface area contributed by atoms with Gasteiger partial charge >= 0.3 is 6.03 Å². The fraction of sp³-hybridized carbons (Fsp3) is 0.190. The van der Waals surface area contributed by atoms with Crippen molar-refractivity contribution in [3.63, 3.8) is 0 Å². The smallest absolute Gasteiger partial charge is 0.308 e. The number of urea groups is 1. The van der Waals surface area contributed by atoms with Crippen molar-refractivity contribution in [3.05, 3.63) is 70.9 Å². The number of rotatable bonds is 4. The molecule has 3 rings (SSSR count). The van der Waals surface area contributed by atoms with E-state index in [0.29, 0.717) is 22.8 Å². The van der Waals surface area contributed by atoms with E-state index in [4.69, 9.17) is 0 Å². The third kappa shape index (κ3) is 4.20. The van der Waals surface area contributed by atoms with Gasteiger partial charge in [-0.05, 0) is 50.6 Å². The zero-order chi connectivity index (χ0) is 20.3. The minimum atomic E-state index is -0.370. The van der Waals surface area contributed by atoms with Crippen LogP contribution in [-0.2, 0) is 7.05 Å². The Balaban J connectivity index is 1.75. The summed E-state index contributed by atoms with van der Waals surface area (Å²) in [6.45, 7) is 5.67. The molecule has 1 heterocycles. The molecule has 0 unspecified atom stereocenters. The number of nitrogens with one attached hydrogen (secondary N) is 3. The van der Waals surface area contributed by atoms with Crippen LogP contribution < -0.4 is 16.0 Å². The van der Waals surface area contributed by atoms with Crippen molar-refractivity contribution in [2.24, 2.45) is 7.05 Å². The first kappa shape index (κ1) is 19.2. The Bertz CT molecular complexity index is 1020. The third-order valence-corrected chi connectivity index (χ3v) is 4.53. The molecule has 28 heavy (non-hydrogen) atoms. The molecule has 0 aliphatic heterocycles. The van der Waals surface area contributed by atoms with Gasteiger partial charge in [-0.15, -0.1) is 0 Å². The molecule has 144 valence electrons. The topological polar surface area (TPSA) is 88.1 Å². The minimum absolute atomic E-state index is 0.266. The number of carbonyl (C=O) groups is 2. The molecule has 0 saturated carbocycles. The van der Waals surface area contributed by atoms with Gasteiger partial charge in [0.1, 0.15) is 5.82 Å². The molecule has 0 radical (unpaired) electrons. The van der Waals surface area contributed by atoms with Gasteiger partial charge in [-0.3, -0.25) is 9.48 Å². The standard InChI is InChI=1S/C21H23N5O2/c1-13-10-11-16(20(27)24-19-14(2)15(3)25-26(19)4)12-18(13)23-21(28)22-17-8-6-5-7-9-17/h5-12H,1-4H3,(H,24,27)(H2,22,23,28). The fourth-order valence-electron chi connectivity index (χ4n) is 2.82. The van der Waals surface area contributed by atoms with E-state index in [2.05, 4.69) is 21.0 Å². The number of carbonyl (C=O) groups excluding carboxylic acids is 2. The Kier molecular flexibility index (Phi) is 5.44. The van der Waals surface area contributed by atoms with Gasteiger partial charge in [0, 0.05) is 29.5 Å². The number of nitrogens with zero attached hydrogens (tertiary/aromatic N) is 2. The van der Waals surface area contributed by atoms with Gasteiger partial charge in [-0.2, -0.15) is 5.10 Å². The lowest BCUT2D eigenvalue weighted by molar-refractivity contribution is 0.102. The Morgan fingerprint density at radius 1 is 0.929 bits per heavy atom. The summed E-state index contributed by atoms with van der Waals surface area (Å²) in [5, 5.41) is 12.8. The van der Waals surface area contributed by atoms with E-state index in [0.717, 1.165) is 16.8 Å². The number of anilines is 3. The highest BCUT2D eigenvalue weighted by molar-refractivity contribution is 6.06. The summed E-state index contributed by atoms with van der Waals surface area (Å²) in [6.07, 6.45) is 0. The Hall–Kier alpha value is -3.61. The van der Waals surface area contributed by atoms with Crippen LogP contribution in [0.2, 0.25) is 0 Å². The molecule has 0 bridgehead atoms. The zero-order valence-electron chi connectivity index (χ0n) is 16.3. The second-order valence-corrected chi connectivity index (χ2v) is 6.61. The monoisotopic (exact) mass is 377 g/mol. The summed E-state index contributed by atoms with van der Waals surface area (Å²) < 4.78 is 1.64. The van der Waals surface area contributed by atoms with Gasteiger partial charge in [0.2, 0.25) is 0 Å². The third-order valence-electron chi connectivity index (χ3n) is 4.53. The van der Waals surface area contributed by atoms with Crippen LogP contribution in [0, 0.1) is 20.8 Å². The van der Waals surface area contributed by atoms with Gasteiger partial charge < -0.3 is 16.0 Å². The summed E-state index contributed by atoms with van der Waals surface area (Å²) in [4.78, 5) is 25.0. The molecule has 7 heteroatoms. The molecule has 7 nitrogen and oxygen atoms in total. The maximum absolute atomic E-state index is 12.7. The molecule has 3 aromatic rings. The van der Waals surface area contributed by atoms with Gasteiger partial charge in [0.15, 0.2) is 0 Å². The Morgan fingerprint density at radius 3 is 2.29 bits per heavy atom. The van der Waals surface area contributed by atoms with Gasteiger partial charge in [-0.1, -0.05) is 24.3 Å². The first-order valence-corrected chi connectivity index (χ1v) is 8.90. The maximum Gasteiger partial charge on any atom is 0.323 e. The number of para-hydroxylation sites is 1. The molecule has 0 spiro atoms. The van der Waals surface area contributed by atoms with Crippen LogP contribution in [0.25, 0.3) is 0 Å². The molecule has 0 saturated heterocycles. The molecule has 0 atom stereocenters. The Labute approximate surface area is 163 Å². The van der Waals surface area contributed by atoms with Crippen molar-refractivity contribution >= 4 is 29.1 Å². The Morgan fingerprint density at radius 2 is 1.64 bits per heavy atom. The van der Waals surface area contributed by atoms with Gasteiger partial charge in [-0.25, -0.2) is 4.79 Å². The maximum atomic E-state index is 12.7. The van der Waals surface area contributed by atoms with Crippen LogP contribution in [0.15, 0.2) is 48.5 Å².